The zero-order valence-corrected chi connectivity index (χ0v) is 44.7. The summed E-state index contributed by atoms with van der Waals surface area (Å²) in [5, 5.41) is 10.9. The van der Waals surface area contributed by atoms with Crippen molar-refractivity contribution in [2.75, 3.05) is 125 Å². The molecular weight excluding hydrogens is 931 g/mol. The van der Waals surface area contributed by atoms with Crippen LogP contribution in [0.5, 0.6) is 0 Å². The van der Waals surface area contributed by atoms with Gasteiger partial charge >= 0.3 is 23.9 Å². The molecule has 4 amide bonds. The van der Waals surface area contributed by atoms with E-state index in [2.05, 4.69) is 21.3 Å². The van der Waals surface area contributed by atoms with Crippen LogP contribution in [0.1, 0.15) is 127 Å². The van der Waals surface area contributed by atoms with Gasteiger partial charge < -0.3 is 79.1 Å². The second-order valence-corrected chi connectivity index (χ2v) is 19.4. The Kier molecular flexibility index (Phi) is 39.5. The largest absolute Gasteiger partial charge is 0.460 e. The summed E-state index contributed by atoms with van der Waals surface area (Å²) in [6.45, 7) is 24.0. The molecule has 71 heavy (non-hydrogen) atoms. The van der Waals surface area contributed by atoms with E-state index < -0.39 is 52.8 Å². The van der Waals surface area contributed by atoms with Crippen molar-refractivity contribution in [2.24, 2.45) is 5.73 Å². The third-order valence-corrected chi connectivity index (χ3v) is 9.03. The van der Waals surface area contributed by atoms with Gasteiger partial charge in [0.25, 0.3) is 0 Å². The molecule has 0 spiro atoms. The van der Waals surface area contributed by atoms with Gasteiger partial charge in [0, 0.05) is 38.9 Å². The number of ether oxygens (including phenoxy) is 11. The Morgan fingerprint density at radius 1 is 0.394 bits per heavy atom. The Bertz CT molecular complexity index is 1420. The molecule has 0 aromatic carbocycles. The summed E-state index contributed by atoms with van der Waals surface area (Å²) in [4.78, 5) is 76.3. The number of carbonyl (C=O) groups is 6. The third kappa shape index (κ3) is 47.0. The Hall–Kier alpha value is -3.74. The molecule has 0 unspecified atom stereocenters. The van der Waals surface area contributed by atoms with Gasteiger partial charge in [-0.25, -0.2) is 14.4 Å². The van der Waals surface area contributed by atoms with E-state index >= 15 is 0 Å². The van der Waals surface area contributed by atoms with E-state index in [0.29, 0.717) is 144 Å². The van der Waals surface area contributed by atoms with E-state index in [0.717, 1.165) is 12.8 Å². The van der Waals surface area contributed by atoms with Gasteiger partial charge in [-0.05, 0) is 101 Å². The highest BCUT2D eigenvalue weighted by atomic mass is 16.6. The third-order valence-electron chi connectivity index (χ3n) is 9.03. The average Bonchev–Trinajstić information content (AvgIpc) is 3.26. The Morgan fingerprint density at radius 3 is 1.14 bits per heavy atom. The zero-order valence-electron chi connectivity index (χ0n) is 44.7. The molecule has 0 aliphatic carbocycles. The second kappa shape index (κ2) is 41.7. The van der Waals surface area contributed by atoms with E-state index in [1.165, 1.54) is 0 Å². The van der Waals surface area contributed by atoms with Crippen LogP contribution in [-0.4, -0.2) is 190 Å². The van der Waals surface area contributed by atoms with E-state index in [1.807, 2.05) is 0 Å². The van der Waals surface area contributed by atoms with Crippen LogP contribution in [-0.2, 0) is 76.1 Å². The van der Waals surface area contributed by atoms with Gasteiger partial charge in [-0.15, -0.1) is 0 Å². The summed E-state index contributed by atoms with van der Waals surface area (Å²) < 4.78 is 59.8. The summed E-state index contributed by atoms with van der Waals surface area (Å²) in [6, 6.07) is -3.05. The van der Waals surface area contributed by atoms with Crippen LogP contribution in [0.25, 0.3) is 0 Å². The Morgan fingerprint density at radius 2 is 0.746 bits per heavy atom. The van der Waals surface area contributed by atoms with Gasteiger partial charge in [-0.2, -0.15) is 0 Å². The lowest BCUT2D eigenvalue weighted by Crippen LogP contribution is -2.53. The van der Waals surface area contributed by atoms with E-state index in [9.17, 15) is 28.8 Å². The normalized spacial score (nSPS) is 12.7. The fraction of sp³-hybridized carbons (Fsp3) is 0.878. The number of nitrogens with one attached hydrogen (secondary N) is 4. The average molecular weight is 1020 g/mol. The first-order valence-electron chi connectivity index (χ1n) is 25.2. The molecule has 0 heterocycles. The van der Waals surface area contributed by atoms with Gasteiger partial charge in [-0.1, -0.05) is 6.42 Å². The van der Waals surface area contributed by atoms with Crippen molar-refractivity contribution >= 4 is 35.8 Å². The second-order valence-electron chi connectivity index (χ2n) is 19.4. The fourth-order valence-electron chi connectivity index (χ4n) is 5.84. The lowest BCUT2D eigenvalue weighted by molar-refractivity contribution is -0.159. The van der Waals surface area contributed by atoms with Crippen molar-refractivity contribution < 1.29 is 80.9 Å². The predicted molar refractivity (Wildman–Crippen MR) is 265 cm³/mol. The maximum absolute atomic E-state index is 13.2. The minimum absolute atomic E-state index is 0.0835. The van der Waals surface area contributed by atoms with Crippen LogP contribution < -0.4 is 27.0 Å². The highest BCUT2D eigenvalue weighted by Crippen LogP contribution is 2.15. The van der Waals surface area contributed by atoms with Crippen molar-refractivity contribution in [3.05, 3.63) is 0 Å². The van der Waals surface area contributed by atoms with Crippen molar-refractivity contribution in [1.82, 2.24) is 21.3 Å². The van der Waals surface area contributed by atoms with Gasteiger partial charge in [0.15, 0.2) is 0 Å². The molecule has 0 saturated heterocycles. The molecule has 0 fully saturated rings. The maximum atomic E-state index is 13.2. The van der Waals surface area contributed by atoms with Crippen LogP contribution in [0.2, 0.25) is 0 Å². The van der Waals surface area contributed by atoms with Crippen LogP contribution >= 0.6 is 0 Å². The Balaban J connectivity index is 4.09. The molecule has 6 N–H and O–H groups in total. The number of nitrogens with two attached hydrogens (primary N) is 1. The highest BCUT2D eigenvalue weighted by Gasteiger charge is 2.31. The summed E-state index contributed by atoms with van der Waals surface area (Å²) in [7, 11) is 0. The first kappa shape index (κ1) is 67.3. The fourth-order valence-corrected chi connectivity index (χ4v) is 5.84. The summed E-state index contributed by atoms with van der Waals surface area (Å²) in [5.74, 6) is -2.14. The number of hydrogen-bond acceptors (Lipinski definition) is 18. The number of carbonyl (C=O) groups excluding carboxylic acids is 6. The topological polar surface area (TPSA) is 278 Å². The summed E-state index contributed by atoms with van der Waals surface area (Å²) in [5.41, 5.74) is 2.94. The van der Waals surface area contributed by atoms with Crippen molar-refractivity contribution in [2.45, 2.75) is 155 Å². The zero-order chi connectivity index (χ0) is 53.2. The van der Waals surface area contributed by atoms with Crippen LogP contribution in [0.15, 0.2) is 0 Å². The molecular formula is C49H93N5O17. The molecule has 0 rings (SSSR count). The molecule has 22 nitrogen and oxygen atoms in total. The molecule has 0 saturated carbocycles. The monoisotopic (exact) mass is 1020 g/mol. The molecule has 0 bridgehead atoms. The smallest absolute Gasteiger partial charge is 0.329 e. The van der Waals surface area contributed by atoms with Crippen molar-refractivity contribution in [3.8, 4) is 0 Å². The number of esters is 3. The summed E-state index contributed by atoms with van der Waals surface area (Å²) >= 11 is 0. The Labute approximate surface area is 423 Å². The predicted octanol–water partition coefficient (Wildman–Crippen LogP) is 3.27. The molecule has 0 radical (unpaired) electrons. The SMILES string of the molecule is CC(C)(C)OC(=O)CC[C@H](NC(=O)N[C@@H](CCCCNC(=O)CCCCCNC(=O)CCOCCOCCOCCOCCOCCOCCOCCOCCN)C(=O)OC(C)(C)C)C(=O)OC(C)(C)C. The molecule has 0 aliphatic rings. The molecule has 416 valence electrons. The standard InChI is InChI=1S/C49H93N5O17/c1-47(2,3)69-43(57)18-17-40(45(59)71-49(7,8)9)54-46(60)53-39(44(58)70-48(4,5)6)15-12-14-22-51-41(55)16-11-10-13-21-52-42(56)19-23-61-25-27-63-29-31-65-33-35-67-37-38-68-36-34-66-32-30-64-28-26-62-24-20-50/h39-40H,10-38,50H2,1-9H3,(H,51,55)(H,52,56)(H2,53,54,60)/t39-,40-/m0/s1. The molecule has 22 heteroatoms. The van der Waals surface area contributed by atoms with Gasteiger partial charge in [0.1, 0.15) is 28.9 Å². The number of amides is 4. The van der Waals surface area contributed by atoms with Crippen LogP contribution in [0.4, 0.5) is 4.79 Å². The van der Waals surface area contributed by atoms with Gasteiger partial charge in [-0.3, -0.25) is 14.4 Å². The lowest BCUT2D eigenvalue weighted by atomic mass is 10.1. The summed E-state index contributed by atoms with van der Waals surface area (Å²) in [6.07, 6.45) is 3.68. The molecule has 0 aromatic heterocycles. The van der Waals surface area contributed by atoms with Gasteiger partial charge in [0.2, 0.25) is 11.8 Å². The van der Waals surface area contributed by atoms with Crippen LogP contribution in [0.3, 0.4) is 0 Å². The van der Waals surface area contributed by atoms with Crippen molar-refractivity contribution in [1.29, 1.82) is 0 Å². The van der Waals surface area contributed by atoms with Crippen LogP contribution in [0, 0.1) is 0 Å². The van der Waals surface area contributed by atoms with E-state index in [4.69, 9.17) is 57.8 Å². The number of urea groups is 1. The maximum Gasteiger partial charge on any atom is 0.329 e. The first-order valence-corrected chi connectivity index (χ1v) is 25.2. The molecule has 0 aliphatic heterocycles. The number of rotatable bonds is 44. The minimum atomic E-state index is -1.19. The van der Waals surface area contributed by atoms with E-state index in [-0.39, 0.29) is 44.1 Å². The first-order chi connectivity index (χ1) is 33.6. The quantitative estimate of drug-likeness (QED) is 0.0333. The molecule has 2 atom stereocenters. The number of hydrogen-bond donors (Lipinski definition) is 5. The lowest BCUT2D eigenvalue weighted by Gasteiger charge is -2.27. The number of unbranched alkanes of at least 4 members (excludes halogenated alkanes) is 3. The van der Waals surface area contributed by atoms with Crippen molar-refractivity contribution in [3.63, 3.8) is 0 Å². The highest BCUT2D eigenvalue weighted by molar-refractivity contribution is 5.87. The minimum Gasteiger partial charge on any atom is -0.460 e. The van der Waals surface area contributed by atoms with Gasteiger partial charge in [0.05, 0.1) is 106 Å². The molecule has 0 aromatic rings. The van der Waals surface area contributed by atoms with E-state index in [1.54, 1.807) is 62.3 Å².